The highest BCUT2D eigenvalue weighted by molar-refractivity contribution is 6.07. The highest BCUT2D eigenvalue weighted by atomic mass is 19.4. The number of aromatic nitrogens is 1. The third-order valence-corrected chi connectivity index (χ3v) is 9.16. The van der Waals surface area contributed by atoms with Gasteiger partial charge in [0, 0.05) is 56.1 Å². The van der Waals surface area contributed by atoms with Crippen LogP contribution in [0.1, 0.15) is 75.4 Å². The van der Waals surface area contributed by atoms with E-state index in [-0.39, 0.29) is 35.4 Å². The molecule has 4 unspecified atom stereocenters. The lowest BCUT2D eigenvalue weighted by atomic mass is 9.93. The molecule has 9 nitrogen and oxygen atoms in total. The highest BCUT2D eigenvalue weighted by Crippen LogP contribution is 2.42. The van der Waals surface area contributed by atoms with Crippen molar-refractivity contribution >= 4 is 28.9 Å². The number of hydrogen-bond donors (Lipinski definition) is 1. The Bertz CT molecular complexity index is 1620. The van der Waals surface area contributed by atoms with E-state index in [2.05, 4.69) is 10.2 Å². The van der Waals surface area contributed by atoms with Gasteiger partial charge in [0.05, 0.1) is 28.5 Å². The van der Waals surface area contributed by atoms with Crippen molar-refractivity contribution in [3.63, 3.8) is 0 Å². The Morgan fingerprint density at radius 3 is 2.24 bits per heavy atom. The van der Waals surface area contributed by atoms with E-state index in [9.17, 15) is 27.6 Å². The first-order chi connectivity index (χ1) is 21.3. The Morgan fingerprint density at radius 2 is 1.65 bits per heavy atom. The summed E-state index contributed by atoms with van der Waals surface area (Å²) in [5.74, 6) is -1.62. The maximum atomic E-state index is 16.1. The standard InChI is InChI=1S/C33H41F4N5O4/c1-18-15-41(16-19(2)40(18)7)28-14-26(34)23(20-10-21-8-9-22(11-20)42(21)31(45)46-32(3,4)5)12-27(28)38-30(44)24-17-39(6)29(43)13-25(24)33(35,36)37/h10,12-14,17-19,21-22H,8-9,11,15-16H2,1-7H3,(H,38,44). The first-order valence-corrected chi connectivity index (χ1v) is 15.5. The molecule has 0 radical (unpaired) electrons. The lowest BCUT2D eigenvalue weighted by Gasteiger charge is -2.44. The molecule has 3 aliphatic rings. The molecule has 1 N–H and O–H groups in total. The van der Waals surface area contributed by atoms with Crippen LogP contribution in [0.5, 0.6) is 0 Å². The van der Waals surface area contributed by atoms with Gasteiger partial charge in [0.15, 0.2) is 0 Å². The molecule has 1 aromatic heterocycles. The number of anilines is 2. The van der Waals surface area contributed by atoms with E-state index in [1.807, 2.05) is 31.9 Å². The van der Waals surface area contributed by atoms with E-state index in [1.165, 1.54) is 19.2 Å². The number of halogens is 4. The Morgan fingerprint density at radius 1 is 1.00 bits per heavy atom. The molecule has 0 saturated carbocycles. The van der Waals surface area contributed by atoms with E-state index in [0.29, 0.717) is 49.7 Å². The lowest BCUT2D eigenvalue weighted by molar-refractivity contribution is -0.138. The molecule has 2 bridgehead atoms. The minimum atomic E-state index is -4.95. The van der Waals surface area contributed by atoms with Gasteiger partial charge in [-0.05, 0) is 78.6 Å². The van der Waals surface area contributed by atoms with Gasteiger partial charge in [0.1, 0.15) is 11.4 Å². The summed E-state index contributed by atoms with van der Waals surface area (Å²) in [6.45, 7) is 10.4. The van der Waals surface area contributed by atoms with Crippen LogP contribution in [0.4, 0.5) is 33.7 Å². The summed E-state index contributed by atoms with van der Waals surface area (Å²) in [7, 11) is 3.25. The molecule has 2 aromatic rings. The van der Waals surface area contributed by atoms with Crippen molar-refractivity contribution in [3.05, 3.63) is 63.3 Å². The fraction of sp³-hybridized carbons (Fsp3) is 0.545. The third-order valence-electron chi connectivity index (χ3n) is 9.16. The average Bonchev–Trinajstić information content (AvgIpc) is 3.21. The fourth-order valence-corrected chi connectivity index (χ4v) is 6.64. The molecule has 0 spiro atoms. The number of amides is 2. The molecule has 2 saturated heterocycles. The molecule has 4 heterocycles. The summed E-state index contributed by atoms with van der Waals surface area (Å²) in [6.07, 6.45) is -0.956. The Hall–Kier alpha value is -3.87. The van der Waals surface area contributed by atoms with Crippen LogP contribution in [0.25, 0.3) is 5.57 Å². The van der Waals surface area contributed by atoms with Crippen molar-refractivity contribution in [3.8, 4) is 0 Å². The summed E-state index contributed by atoms with van der Waals surface area (Å²) in [5.41, 5.74) is -2.33. The Balaban J connectivity index is 1.56. The van der Waals surface area contributed by atoms with Crippen molar-refractivity contribution < 1.29 is 31.9 Å². The topological polar surface area (TPSA) is 87.1 Å². The van der Waals surface area contributed by atoms with Gasteiger partial charge in [-0.2, -0.15) is 13.2 Å². The SMILES string of the molecule is CC1CN(c2cc(F)c(C3=CC4CCC(C3)N4C(=O)OC(C)(C)C)cc2NC(=O)c2cn(C)c(=O)cc2C(F)(F)F)CC(C)N1C. The van der Waals surface area contributed by atoms with Crippen LogP contribution < -0.4 is 15.8 Å². The molecule has 2 fully saturated rings. The molecule has 3 aliphatic heterocycles. The largest absolute Gasteiger partial charge is 0.444 e. The minimum absolute atomic E-state index is 0.0750. The summed E-state index contributed by atoms with van der Waals surface area (Å²) in [6, 6.07) is 2.83. The first kappa shape index (κ1) is 33.5. The maximum absolute atomic E-state index is 16.1. The van der Waals surface area contributed by atoms with E-state index in [1.54, 1.807) is 25.7 Å². The lowest BCUT2D eigenvalue weighted by Crippen LogP contribution is -2.55. The Labute approximate surface area is 265 Å². The summed E-state index contributed by atoms with van der Waals surface area (Å²) in [4.78, 5) is 44.4. The number of rotatable bonds is 4. The van der Waals surface area contributed by atoms with Gasteiger partial charge in [-0.15, -0.1) is 0 Å². The van der Waals surface area contributed by atoms with E-state index >= 15 is 4.39 Å². The van der Waals surface area contributed by atoms with Crippen LogP contribution in [0.2, 0.25) is 0 Å². The van der Waals surface area contributed by atoms with Crippen LogP contribution in [0.3, 0.4) is 0 Å². The highest BCUT2D eigenvalue weighted by Gasteiger charge is 2.42. The molecule has 5 rings (SSSR count). The zero-order valence-electron chi connectivity index (χ0n) is 27.2. The third kappa shape index (κ3) is 6.65. The smallest absolute Gasteiger partial charge is 0.417 e. The number of carbonyl (C=O) groups is 2. The molecule has 1 aromatic carbocycles. The number of pyridine rings is 1. The molecule has 46 heavy (non-hydrogen) atoms. The minimum Gasteiger partial charge on any atom is -0.444 e. The monoisotopic (exact) mass is 647 g/mol. The number of piperazine rings is 1. The molecule has 4 atom stereocenters. The van der Waals surface area contributed by atoms with Crippen LogP contribution in [-0.2, 0) is 18.0 Å². The zero-order chi connectivity index (χ0) is 33.9. The van der Waals surface area contributed by atoms with Crippen molar-refractivity contribution in [2.24, 2.45) is 7.05 Å². The number of hydrogen-bond acceptors (Lipinski definition) is 6. The van der Waals surface area contributed by atoms with E-state index in [4.69, 9.17) is 4.74 Å². The number of alkyl halides is 3. The predicted molar refractivity (Wildman–Crippen MR) is 167 cm³/mol. The molecule has 250 valence electrons. The number of nitrogens with one attached hydrogen (secondary N) is 1. The van der Waals surface area contributed by atoms with Crippen LogP contribution in [0.15, 0.2) is 35.3 Å². The molecule has 0 aliphatic carbocycles. The molecule has 2 amide bonds. The van der Waals surface area contributed by atoms with Crippen molar-refractivity contribution in [1.82, 2.24) is 14.4 Å². The second-order valence-corrected chi connectivity index (χ2v) is 13.7. The quantitative estimate of drug-likeness (QED) is 0.418. The van der Waals surface area contributed by atoms with Gasteiger partial charge >= 0.3 is 12.3 Å². The number of benzene rings is 1. The summed E-state index contributed by atoms with van der Waals surface area (Å²) < 4.78 is 64.4. The van der Waals surface area contributed by atoms with E-state index < -0.39 is 46.3 Å². The number of likely N-dealkylation sites (N-methyl/N-ethyl adjacent to an activating group) is 1. The Kier molecular flexibility index (Phi) is 8.78. The molecular weight excluding hydrogens is 606 g/mol. The maximum Gasteiger partial charge on any atom is 0.417 e. The fourth-order valence-electron chi connectivity index (χ4n) is 6.64. The number of fused-ring (bicyclic) bond motifs is 2. The van der Waals surface area contributed by atoms with E-state index in [0.717, 1.165) is 10.8 Å². The van der Waals surface area contributed by atoms with Crippen LogP contribution >= 0.6 is 0 Å². The zero-order valence-corrected chi connectivity index (χ0v) is 27.2. The first-order valence-electron chi connectivity index (χ1n) is 15.5. The van der Waals surface area contributed by atoms with Gasteiger partial charge in [0.2, 0.25) is 0 Å². The summed E-state index contributed by atoms with van der Waals surface area (Å²) >= 11 is 0. The van der Waals surface area contributed by atoms with Crippen molar-refractivity contribution in [2.45, 2.75) is 89.8 Å². The number of aryl methyl sites for hydroxylation is 1. The average molecular weight is 648 g/mol. The van der Waals surface area contributed by atoms with Crippen molar-refractivity contribution in [2.75, 3.05) is 30.4 Å². The predicted octanol–water partition coefficient (Wildman–Crippen LogP) is 5.88. The van der Waals surface area contributed by atoms with Crippen LogP contribution in [0, 0.1) is 5.82 Å². The van der Waals surface area contributed by atoms with Gasteiger partial charge in [-0.1, -0.05) is 6.08 Å². The van der Waals surface area contributed by atoms with Crippen LogP contribution in [-0.4, -0.2) is 76.3 Å². The summed E-state index contributed by atoms with van der Waals surface area (Å²) in [5, 5.41) is 2.63. The van der Waals surface area contributed by atoms with Gasteiger partial charge in [0.25, 0.3) is 11.5 Å². The second-order valence-electron chi connectivity index (χ2n) is 13.7. The van der Waals surface area contributed by atoms with Gasteiger partial charge < -0.3 is 19.5 Å². The van der Waals surface area contributed by atoms with Crippen molar-refractivity contribution in [1.29, 1.82) is 0 Å². The number of nitrogens with zero attached hydrogens (tertiary/aromatic N) is 4. The van der Waals surface area contributed by atoms with Gasteiger partial charge in [-0.25, -0.2) is 9.18 Å². The normalized spacial score (nSPS) is 23.8. The number of ether oxygens (including phenoxy) is 1. The number of carbonyl (C=O) groups excluding carboxylic acids is 2. The molecule has 13 heteroatoms. The molecular formula is C33H41F4N5O4. The van der Waals surface area contributed by atoms with Gasteiger partial charge in [-0.3, -0.25) is 19.4 Å². The second kappa shape index (κ2) is 12.1.